The number of hydrogen-bond donors (Lipinski definition) is 7. The molecule has 2 aliphatic rings. The van der Waals surface area contributed by atoms with Gasteiger partial charge >= 0.3 is 21.3 Å². The Morgan fingerprint density at radius 3 is 2.38 bits per heavy atom. The monoisotopic (exact) mass is 593 g/mol. The van der Waals surface area contributed by atoms with Crippen LogP contribution in [0.2, 0.25) is 0 Å². The van der Waals surface area contributed by atoms with E-state index in [0.717, 1.165) is 4.57 Å². The van der Waals surface area contributed by atoms with Crippen molar-refractivity contribution in [3.63, 3.8) is 0 Å². The summed E-state index contributed by atoms with van der Waals surface area (Å²) < 4.78 is 49.3. The third kappa shape index (κ3) is 9.10. The summed E-state index contributed by atoms with van der Waals surface area (Å²) in [7, 11) is -10.7. The molecule has 2 unspecified atom stereocenters. The predicted octanol–water partition coefficient (Wildman–Crippen LogP) is -3.22. The fourth-order valence-electron chi connectivity index (χ4n) is 3.44. The first kappa shape index (κ1) is 35.7. The average molecular weight is 593 g/mol. The Labute approximate surface area is 254 Å². The summed E-state index contributed by atoms with van der Waals surface area (Å²) in [6, 6.07) is -1.03. The molecular weight excluding hydrogens is 566 g/mol. The summed E-state index contributed by atoms with van der Waals surface area (Å²) in [6.45, 7) is 2.03. The van der Waals surface area contributed by atoms with E-state index in [2.05, 4.69) is 18.3 Å². The number of aromatic amines is 1. The van der Waals surface area contributed by atoms with Crippen LogP contribution in [0.15, 0.2) is 15.8 Å². The molecule has 3 rings (SSSR count). The van der Waals surface area contributed by atoms with E-state index >= 15 is 0 Å². The quantitative estimate of drug-likeness (QED) is 0.115. The van der Waals surface area contributed by atoms with Crippen molar-refractivity contribution in [3.8, 4) is 0 Å². The van der Waals surface area contributed by atoms with Gasteiger partial charge in [0.05, 0.1) is 24.9 Å². The first-order valence-electron chi connectivity index (χ1n) is 10.2. The van der Waals surface area contributed by atoms with E-state index in [1.54, 1.807) is 0 Å². The molecule has 202 valence electrons. The van der Waals surface area contributed by atoms with Crippen LogP contribution in [0.3, 0.4) is 0 Å². The molecule has 1 aromatic heterocycles. The van der Waals surface area contributed by atoms with E-state index in [1.165, 1.54) is 20.0 Å². The summed E-state index contributed by atoms with van der Waals surface area (Å²) in [5.74, 6) is 0. The maximum absolute atomic E-state index is 12.2. The molecule has 0 amide bonds. The van der Waals surface area contributed by atoms with Gasteiger partial charge in [-0.05, 0) is 13.8 Å². The fourth-order valence-corrected chi connectivity index (χ4v) is 5.60. The third-order valence-electron chi connectivity index (χ3n) is 5.42. The number of nitrogens with zero attached hydrogens (tertiary/aromatic N) is 1. The SMILES string of the molecule is Cc1cn([C@H]2C[C@H](O)[C@@H](COP(=O)(O)OP(=O)(O)O[C@H]3O[C@H](C)[C@@H](N)[C@H](O)[C@H]3O)O2)c(=O)[nH]c1=O.[Na].[Na]. The molecule has 2 radical (unpaired) electrons. The fraction of sp³-hybridized carbons (Fsp3) is 0.750. The number of H-pyrrole nitrogens is 1. The van der Waals surface area contributed by atoms with E-state index in [1.807, 2.05) is 0 Å². The van der Waals surface area contributed by atoms with Gasteiger partial charge < -0.3 is 40.3 Å². The zero-order valence-corrected chi connectivity index (χ0v) is 26.2. The number of aryl methyl sites for hydroxylation is 1. The first-order chi connectivity index (χ1) is 16.1. The topological polar surface area (TPSA) is 262 Å². The molecule has 0 spiro atoms. The number of rotatable bonds is 8. The van der Waals surface area contributed by atoms with Crippen molar-refractivity contribution in [2.75, 3.05) is 6.61 Å². The van der Waals surface area contributed by atoms with Crippen LogP contribution in [0.1, 0.15) is 25.1 Å². The van der Waals surface area contributed by atoms with Crippen LogP contribution in [0.5, 0.6) is 0 Å². The van der Waals surface area contributed by atoms with Crippen molar-refractivity contribution in [2.24, 2.45) is 5.73 Å². The van der Waals surface area contributed by atoms with E-state index in [9.17, 15) is 43.8 Å². The van der Waals surface area contributed by atoms with Gasteiger partial charge in [0.2, 0.25) is 0 Å². The van der Waals surface area contributed by atoms with Crippen LogP contribution in [0, 0.1) is 6.92 Å². The van der Waals surface area contributed by atoms with Gasteiger partial charge in [0.25, 0.3) is 5.56 Å². The molecule has 2 saturated heterocycles. The normalized spacial score (nSPS) is 35.0. The number of phosphoric acid groups is 2. The molecule has 21 heteroatoms. The second-order valence-corrected chi connectivity index (χ2v) is 11.1. The molecule has 10 atom stereocenters. The number of nitrogens with one attached hydrogen (secondary N) is 1. The molecule has 0 bridgehead atoms. The largest absolute Gasteiger partial charge is 0.483 e. The van der Waals surface area contributed by atoms with Gasteiger partial charge in [-0.1, -0.05) is 0 Å². The van der Waals surface area contributed by atoms with E-state index in [4.69, 9.17) is 15.2 Å². The van der Waals surface area contributed by atoms with Crippen LogP contribution in [-0.4, -0.2) is 143 Å². The molecule has 0 aromatic carbocycles. The Kier molecular flexibility index (Phi) is 13.6. The van der Waals surface area contributed by atoms with E-state index < -0.39 is 82.6 Å². The zero-order valence-electron chi connectivity index (χ0n) is 20.4. The summed E-state index contributed by atoms with van der Waals surface area (Å²) in [5.41, 5.74) is 4.39. The van der Waals surface area contributed by atoms with Crippen molar-refractivity contribution < 1.29 is 57.1 Å². The Balaban J connectivity index is 0.00000342. The van der Waals surface area contributed by atoms with Crippen molar-refractivity contribution >= 4 is 74.8 Å². The molecule has 2 fully saturated rings. The molecule has 0 aliphatic carbocycles. The summed E-state index contributed by atoms with van der Waals surface area (Å²) >= 11 is 0. The van der Waals surface area contributed by atoms with Gasteiger partial charge in [0, 0.05) is 77.3 Å². The van der Waals surface area contributed by atoms with Crippen LogP contribution in [0.4, 0.5) is 0 Å². The molecule has 37 heavy (non-hydrogen) atoms. The molecular formula is C16H27N3Na2O14P2. The maximum atomic E-state index is 12.2. The van der Waals surface area contributed by atoms with Crippen LogP contribution in [-0.2, 0) is 32.0 Å². The number of aromatic nitrogens is 2. The Hall–Kier alpha value is 0.700. The summed E-state index contributed by atoms with van der Waals surface area (Å²) in [4.78, 5) is 45.2. The van der Waals surface area contributed by atoms with Gasteiger partial charge in [-0.25, -0.2) is 13.9 Å². The van der Waals surface area contributed by atoms with Gasteiger partial charge in [-0.3, -0.25) is 23.4 Å². The second-order valence-electron chi connectivity index (χ2n) is 8.10. The number of ether oxygens (including phenoxy) is 2. The van der Waals surface area contributed by atoms with Gasteiger partial charge in [0.1, 0.15) is 24.5 Å². The summed E-state index contributed by atoms with van der Waals surface area (Å²) in [5, 5.41) is 29.9. The van der Waals surface area contributed by atoms with E-state index in [0.29, 0.717) is 0 Å². The first-order valence-corrected chi connectivity index (χ1v) is 13.2. The van der Waals surface area contributed by atoms with Crippen molar-refractivity contribution in [1.29, 1.82) is 0 Å². The predicted molar refractivity (Wildman–Crippen MR) is 124 cm³/mol. The molecule has 1 aromatic rings. The van der Waals surface area contributed by atoms with Gasteiger partial charge in [-0.15, -0.1) is 0 Å². The molecule has 3 heterocycles. The molecule has 8 N–H and O–H groups in total. The third-order valence-corrected chi connectivity index (χ3v) is 8.02. The van der Waals surface area contributed by atoms with Crippen molar-refractivity contribution in [1.82, 2.24) is 9.55 Å². The number of aliphatic hydroxyl groups is 3. The van der Waals surface area contributed by atoms with E-state index in [-0.39, 0.29) is 71.1 Å². The minimum absolute atomic E-state index is 0. The number of aliphatic hydroxyl groups excluding tert-OH is 3. The summed E-state index contributed by atoms with van der Waals surface area (Å²) in [6.07, 6.45) is -8.81. The van der Waals surface area contributed by atoms with Crippen LogP contribution >= 0.6 is 15.6 Å². The zero-order chi connectivity index (χ0) is 26.3. The molecule has 2 aliphatic heterocycles. The smallest absolute Gasteiger partial charge is 0.390 e. The van der Waals surface area contributed by atoms with Crippen molar-refractivity contribution in [2.45, 2.75) is 69.3 Å². The Morgan fingerprint density at radius 2 is 1.76 bits per heavy atom. The van der Waals surface area contributed by atoms with Gasteiger partial charge in [-0.2, -0.15) is 4.31 Å². The van der Waals surface area contributed by atoms with Crippen molar-refractivity contribution in [3.05, 3.63) is 32.6 Å². The van der Waals surface area contributed by atoms with Gasteiger partial charge in [0.15, 0.2) is 6.29 Å². The number of phosphoric ester groups is 2. The second kappa shape index (κ2) is 14.0. The Morgan fingerprint density at radius 1 is 1.14 bits per heavy atom. The minimum atomic E-state index is -5.40. The standard InChI is InChI=1S/C16H27N3O14P2.2Na/c1-6-4-19(16(24)18-14(6)23)10-3-8(20)9(31-10)5-29-34(25,26)33-35(27,28)32-15-13(22)12(21)11(17)7(2)30-15;;/h4,7-13,15,20-22H,3,5,17H2,1-2H3,(H,25,26)(H,27,28)(H,18,23,24);;/t7-,8+,9-,10-,11-,12+,13-,15-;;/m1../s1. The maximum Gasteiger partial charge on any atom is 0.483 e. The minimum Gasteiger partial charge on any atom is -0.390 e. The molecule has 0 saturated carbocycles. The number of nitrogens with two attached hydrogens (primary N) is 1. The molecule has 17 nitrogen and oxygen atoms in total. The van der Waals surface area contributed by atoms with Crippen LogP contribution < -0.4 is 17.0 Å². The van der Waals surface area contributed by atoms with Crippen LogP contribution in [0.25, 0.3) is 0 Å². The Bertz CT molecular complexity index is 1140. The average Bonchev–Trinajstić information content (AvgIpc) is 3.11. The number of hydrogen-bond acceptors (Lipinski definition) is 13.